The third-order valence-electron chi connectivity index (χ3n) is 2.49. The summed E-state index contributed by atoms with van der Waals surface area (Å²) < 4.78 is 6.70. The molecule has 0 bridgehead atoms. The number of rotatable bonds is 6. The summed E-state index contributed by atoms with van der Waals surface area (Å²) in [6.07, 6.45) is 5.04. The zero-order valence-electron chi connectivity index (χ0n) is 10.5. The number of hydrogen-bond acceptors (Lipinski definition) is 5. The number of primary amides is 1. The van der Waals surface area contributed by atoms with E-state index >= 15 is 0 Å². The fourth-order valence-electron chi connectivity index (χ4n) is 1.58. The number of aromatic nitrogens is 3. The lowest BCUT2D eigenvalue weighted by molar-refractivity contribution is 0.100. The van der Waals surface area contributed by atoms with E-state index in [-0.39, 0.29) is 0 Å². The van der Waals surface area contributed by atoms with E-state index in [0.29, 0.717) is 24.5 Å². The molecular weight excluding hydrogens is 246 g/mol. The first kappa shape index (κ1) is 13.0. The first-order chi connectivity index (χ1) is 9.20. The maximum absolute atomic E-state index is 11.3. The molecule has 0 atom stereocenters. The Morgan fingerprint density at radius 3 is 3.16 bits per heavy atom. The predicted molar refractivity (Wildman–Crippen MR) is 70.1 cm³/mol. The van der Waals surface area contributed by atoms with E-state index in [1.165, 1.54) is 0 Å². The van der Waals surface area contributed by atoms with Gasteiger partial charge < -0.3 is 15.8 Å². The summed E-state index contributed by atoms with van der Waals surface area (Å²) in [5, 5.41) is 7.17. The van der Waals surface area contributed by atoms with Gasteiger partial charge in [-0.05, 0) is 12.1 Å². The van der Waals surface area contributed by atoms with Gasteiger partial charge in [0.05, 0.1) is 30.6 Å². The number of nitrogens with two attached hydrogens (primary N) is 1. The zero-order chi connectivity index (χ0) is 13.7. The Balaban J connectivity index is 2.13. The summed E-state index contributed by atoms with van der Waals surface area (Å²) in [6, 6.07) is 3.28. The first-order valence-electron chi connectivity index (χ1n) is 5.74. The van der Waals surface area contributed by atoms with E-state index in [1.54, 1.807) is 42.5 Å². The molecule has 0 fully saturated rings. The Morgan fingerprint density at radius 1 is 1.58 bits per heavy atom. The fraction of sp³-hybridized carbons (Fsp3) is 0.250. The normalized spacial score (nSPS) is 10.4. The van der Waals surface area contributed by atoms with Gasteiger partial charge in [-0.2, -0.15) is 5.10 Å². The monoisotopic (exact) mass is 261 g/mol. The molecule has 0 spiro atoms. The summed E-state index contributed by atoms with van der Waals surface area (Å²) in [6.45, 7) is 1.24. The number of amides is 1. The van der Waals surface area contributed by atoms with Gasteiger partial charge in [-0.25, -0.2) is 4.98 Å². The highest BCUT2D eigenvalue weighted by Crippen LogP contribution is 2.17. The molecule has 0 aromatic carbocycles. The average Bonchev–Trinajstić information content (AvgIpc) is 2.84. The zero-order valence-corrected chi connectivity index (χ0v) is 10.5. The number of methoxy groups -OCH3 is 1. The largest absolute Gasteiger partial charge is 0.383 e. The quantitative estimate of drug-likeness (QED) is 0.800. The van der Waals surface area contributed by atoms with Gasteiger partial charge in [0.25, 0.3) is 5.91 Å². The third kappa shape index (κ3) is 3.29. The molecular formula is C12H15N5O2. The second-order valence-electron chi connectivity index (χ2n) is 3.87. The highest BCUT2D eigenvalue weighted by molar-refractivity contribution is 5.98. The van der Waals surface area contributed by atoms with E-state index in [9.17, 15) is 4.79 Å². The molecule has 7 nitrogen and oxygen atoms in total. The molecule has 0 aliphatic heterocycles. The van der Waals surface area contributed by atoms with E-state index in [0.717, 1.165) is 5.69 Å². The number of anilines is 2. The van der Waals surface area contributed by atoms with Crippen molar-refractivity contribution in [2.24, 2.45) is 5.73 Å². The van der Waals surface area contributed by atoms with Crippen LogP contribution in [0.4, 0.5) is 11.5 Å². The number of nitrogens with zero attached hydrogens (tertiary/aromatic N) is 3. The van der Waals surface area contributed by atoms with Gasteiger partial charge in [-0.1, -0.05) is 0 Å². The Morgan fingerprint density at radius 2 is 2.42 bits per heavy atom. The van der Waals surface area contributed by atoms with Crippen LogP contribution in [0.5, 0.6) is 0 Å². The van der Waals surface area contributed by atoms with Gasteiger partial charge in [0.15, 0.2) is 0 Å². The van der Waals surface area contributed by atoms with E-state index in [2.05, 4.69) is 15.4 Å². The van der Waals surface area contributed by atoms with Crippen molar-refractivity contribution >= 4 is 17.4 Å². The van der Waals surface area contributed by atoms with Crippen LogP contribution in [0.2, 0.25) is 0 Å². The molecule has 100 valence electrons. The van der Waals surface area contributed by atoms with Gasteiger partial charge in [-0.3, -0.25) is 9.48 Å². The molecule has 7 heteroatoms. The van der Waals surface area contributed by atoms with Crippen molar-refractivity contribution in [2.75, 3.05) is 19.0 Å². The lowest BCUT2D eigenvalue weighted by Crippen LogP contribution is -2.13. The highest BCUT2D eigenvalue weighted by Gasteiger charge is 2.09. The molecule has 0 saturated heterocycles. The molecule has 2 heterocycles. The van der Waals surface area contributed by atoms with Crippen LogP contribution in [0.3, 0.4) is 0 Å². The van der Waals surface area contributed by atoms with Gasteiger partial charge in [0.2, 0.25) is 0 Å². The van der Waals surface area contributed by atoms with Crippen molar-refractivity contribution in [3.05, 3.63) is 36.3 Å². The van der Waals surface area contributed by atoms with Gasteiger partial charge >= 0.3 is 0 Å². The van der Waals surface area contributed by atoms with E-state index < -0.39 is 5.91 Å². The Kier molecular flexibility index (Phi) is 4.09. The molecule has 2 aromatic heterocycles. The van der Waals surface area contributed by atoms with Crippen LogP contribution < -0.4 is 11.1 Å². The van der Waals surface area contributed by atoms with Crippen LogP contribution in [0.15, 0.2) is 30.7 Å². The SMILES string of the molecule is COCCn1cc(Nc2ncccc2C(N)=O)cn1. The predicted octanol–water partition coefficient (Wildman–Crippen LogP) is 0.767. The van der Waals surface area contributed by atoms with Crippen molar-refractivity contribution in [2.45, 2.75) is 6.54 Å². The molecule has 1 amide bonds. The van der Waals surface area contributed by atoms with Crippen LogP contribution in [0.1, 0.15) is 10.4 Å². The smallest absolute Gasteiger partial charge is 0.252 e. The lowest BCUT2D eigenvalue weighted by atomic mass is 10.2. The van der Waals surface area contributed by atoms with Crippen LogP contribution >= 0.6 is 0 Å². The number of pyridine rings is 1. The van der Waals surface area contributed by atoms with Crippen molar-refractivity contribution in [1.29, 1.82) is 0 Å². The van der Waals surface area contributed by atoms with Crippen molar-refractivity contribution in [3.63, 3.8) is 0 Å². The second-order valence-corrected chi connectivity index (χ2v) is 3.87. The van der Waals surface area contributed by atoms with E-state index in [4.69, 9.17) is 10.5 Å². The van der Waals surface area contributed by atoms with E-state index in [1.807, 2.05) is 0 Å². The summed E-state index contributed by atoms with van der Waals surface area (Å²) in [5.41, 5.74) is 6.36. The van der Waals surface area contributed by atoms with Gasteiger partial charge in [0.1, 0.15) is 5.82 Å². The molecule has 19 heavy (non-hydrogen) atoms. The minimum atomic E-state index is -0.526. The maximum atomic E-state index is 11.3. The van der Waals surface area contributed by atoms with Crippen molar-refractivity contribution in [1.82, 2.24) is 14.8 Å². The molecule has 0 aliphatic carbocycles. The molecule has 0 unspecified atom stereocenters. The molecule has 2 rings (SSSR count). The molecule has 3 N–H and O–H groups in total. The number of carbonyl (C=O) groups is 1. The number of hydrogen-bond donors (Lipinski definition) is 2. The van der Waals surface area contributed by atoms with Gasteiger partial charge in [0, 0.05) is 19.5 Å². The number of carbonyl (C=O) groups excluding carboxylic acids is 1. The first-order valence-corrected chi connectivity index (χ1v) is 5.74. The summed E-state index contributed by atoms with van der Waals surface area (Å²) in [7, 11) is 1.63. The Bertz CT molecular complexity index is 567. The second kappa shape index (κ2) is 5.96. The molecule has 2 aromatic rings. The Labute approximate surface area is 110 Å². The lowest BCUT2D eigenvalue weighted by Gasteiger charge is -2.06. The summed E-state index contributed by atoms with van der Waals surface area (Å²) in [4.78, 5) is 15.4. The fourth-order valence-corrected chi connectivity index (χ4v) is 1.58. The minimum Gasteiger partial charge on any atom is -0.383 e. The maximum Gasteiger partial charge on any atom is 0.252 e. The van der Waals surface area contributed by atoms with Crippen LogP contribution in [-0.4, -0.2) is 34.4 Å². The minimum absolute atomic E-state index is 0.340. The van der Waals surface area contributed by atoms with Crippen LogP contribution in [0, 0.1) is 0 Å². The highest BCUT2D eigenvalue weighted by atomic mass is 16.5. The molecule has 0 aliphatic rings. The molecule has 0 radical (unpaired) electrons. The molecule has 0 saturated carbocycles. The Hall–Kier alpha value is -2.41. The van der Waals surface area contributed by atoms with Crippen LogP contribution in [-0.2, 0) is 11.3 Å². The van der Waals surface area contributed by atoms with Crippen molar-refractivity contribution in [3.8, 4) is 0 Å². The summed E-state index contributed by atoms with van der Waals surface area (Å²) in [5.74, 6) is -0.108. The van der Waals surface area contributed by atoms with Crippen LogP contribution in [0.25, 0.3) is 0 Å². The topological polar surface area (TPSA) is 95.1 Å². The third-order valence-corrected chi connectivity index (χ3v) is 2.49. The standard InChI is InChI=1S/C12H15N5O2/c1-19-6-5-17-8-9(7-15-17)16-12-10(11(13)18)3-2-4-14-12/h2-4,7-8H,5-6H2,1H3,(H2,13,18)(H,14,16). The number of ether oxygens (including phenoxy) is 1. The van der Waals surface area contributed by atoms with Gasteiger partial charge in [-0.15, -0.1) is 0 Å². The summed E-state index contributed by atoms with van der Waals surface area (Å²) >= 11 is 0. The average molecular weight is 261 g/mol. The van der Waals surface area contributed by atoms with Crippen molar-refractivity contribution < 1.29 is 9.53 Å². The number of nitrogens with one attached hydrogen (secondary N) is 1.